The highest BCUT2D eigenvalue weighted by atomic mass is 32.2. The number of nitrogens with zero attached hydrogens (tertiary/aromatic N) is 1. The molecule has 1 aliphatic carbocycles. The Morgan fingerprint density at radius 2 is 2.35 bits per heavy atom. The van der Waals surface area contributed by atoms with E-state index in [4.69, 9.17) is 11.5 Å². The Kier molecular flexibility index (Phi) is 3.21. The zero-order chi connectivity index (χ0) is 12.5. The van der Waals surface area contributed by atoms with Gasteiger partial charge in [0.2, 0.25) is 5.91 Å². The van der Waals surface area contributed by atoms with Crippen molar-refractivity contribution in [2.45, 2.75) is 23.5 Å². The summed E-state index contributed by atoms with van der Waals surface area (Å²) < 4.78 is 0. The molecule has 7 heteroatoms. The third-order valence-electron chi connectivity index (χ3n) is 2.86. The molecule has 5 N–H and O–H groups in total. The van der Waals surface area contributed by atoms with Gasteiger partial charge in [0.1, 0.15) is 5.54 Å². The van der Waals surface area contributed by atoms with E-state index in [1.54, 1.807) is 0 Å². The second-order valence-corrected chi connectivity index (χ2v) is 5.17. The Hall–Kier alpha value is -1.34. The Balaban J connectivity index is 2.05. The van der Waals surface area contributed by atoms with Crippen LogP contribution >= 0.6 is 11.8 Å². The Labute approximate surface area is 102 Å². The second kappa shape index (κ2) is 4.50. The van der Waals surface area contributed by atoms with Crippen LogP contribution in [0, 0.1) is 5.92 Å². The molecular formula is C10H14N4O2S. The summed E-state index contributed by atoms with van der Waals surface area (Å²) in [5, 5.41) is 0.453. The fraction of sp³-hybridized carbons (Fsp3) is 0.500. The summed E-state index contributed by atoms with van der Waals surface area (Å²) in [6, 6.07) is 1.33. The van der Waals surface area contributed by atoms with E-state index in [1.807, 2.05) is 0 Å². The summed E-state index contributed by atoms with van der Waals surface area (Å²) in [5.74, 6) is -0.00587. The average Bonchev–Trinajstić information content (AvgIpc) is 3.09. The Morgan fingerprint density at radius 3 is 2.88 bits per heavy atom. The highest BCUT2D eigenvalue weighted by molar-refractivity contribution is 7.99. The molecule has 0 bridgehead atoms. The topological polar surface area (TPSA) is 115 Å². The molecule has 1 atom stereocenters. The fourth-order valence-electron chi connectivity index (χ4n) is 1.60. The van der Waals surface area contributed by atoms with Crippen molar-refractivity contribution < 1.29 is 4.79 Å². The summed E-state index contributed by atoms with van der Waals surface area (Å²) in [6.07, 6.45) is 3.28. The van der Waals surface area contributed by atoms with Crippen LogP contribution in [0.2, 0.25) is 0 Å². The van der Waals surface area contributed by atoms with Gasteiger partial charge in [-0.2, -0.15) is 0 Å². The van der Waals surface area contributed by atoms with Crippen LogP contribution in [-0.2, 0) is 4.79 Å². The minimum Gasteiger partial charge on any atom is -0.368 e. The highest BCUT2D eigenvalue weighted by Crippen LogP contribution is 2.40. The second-order valence-electron chi connectivity index (χ2n) is 4.21. The van der Waals surface area contributed by atoms with Crippen molar-refractivity contribution in [1.29, 1.82) is 0 Å². The minimum atomic E-state index is -1.00. The largest absolute Gasteiger partial charge is 0.368 e. The number of nitrogens with two attached hydrogens (primary N) is 2. The highest BCUT2D eigenvalue weighted by Gasteiger charge is 2.46. The van der Waals surface area contributed by atoms with Gasteiger partial charge >= 0.3 is 0 Å². The van der Waals surface area contributed by atoms with E-state index in [1.165, 1.54) is 24.0 Å². The van der Waals surface area contributed by atoms with Gasteiger partial charge in [-0.15, -0.1) is 0 Å². The maximum atomic E-state index is 11.4. The van der Waals surface area contributed by atoms with Gasteiger partial charge in [0.15, 0.2) is 5.16 Å². The monoisotopic (exact) mass is 254 g/mol. The lowest BCUT2D eigenvalue weighted by Gasteiger charge is -2.24. The van der Waals surface area contributed by atoms with Crippen molar-refractivity contribution in [3.63, 3.8) is 0 Å². The number of nitrogens with one attached hydrogen (secondary N) is 1. The smallest absolute Gasteiger partial charge is 0.251 e. The molecule has 0 spiro atoms. The van der Waals surface area contributed by atoms with Crippen molar-refractivity contribution in [3.05, 3.63) is 22.6 Å². The number of aromatic amines is 1. The number of carbonyl (C=O) groups is 1. The first kappa shape index (κ1) is 12.1. The van der Waals surface area contributed by atoms with E-state index in [9.17, 15) is 9.59 Å². The van der Waals surface area contributed by atoms with Crippen molar-refractivity contribution >= 4 is 17.7 Å². The Morgan fingerprint density at radius 1 is 1.65 bits per heavy atom. The summed E-state index contributed by atoms with van der Waals surface area (Å²) >= 11 is 1.25. The normalized spacial score (nSPS) is 18.6. The number of carbonyl (C=O) groups excluding carboxylic acids is 1. The number of hydrogen-bond donors (Lipinski definition) is 3. The van der Waals surface area contributed by atoms with Gasteiger partial charge in [-0.1, -0.05) is 11.8 Å². The number of H-pyrrole nitrogens is 1. The van der Waals surface area contributed by atoms with Gasteiger partial charge in [0, 0.05) is 18.0 Å². The summed E-state index contributed by atoms with van der Waals surface area (Å²) in [4.78, 5) is 29.0. The molecule has 0 saturated heterocycles. The van der Waals surface area contributed by atoms with Gasteiger partial charge in [-0.05, 0) is 18.8 Å². The predicted molar refractivity (Wildman–Crippen MR) is 64.4 cm³/mol. The molecule has 17 heavy (non-hydrogen) atoms. The van der Waals surface area contributed by atoms with Crippen LogP contribution in [0.4, 0.5) is 0 Å². The standard InChI is InChI=1S/C10H14N4O2S/c11-8(16)10(12,6-1-2-6)5-17-9-13-4-3-7(15)14-9/h3-4,6H,1-2,5,12H2,(H2,11,16)(H,13,14,15). The molecule has 92 valence electrons. The van der Waals surface area contributed by atoms with Crippen molar-refractivity contribution in [1.82, 2.24) is 9.97 Å². The van der Waals surface area contributed by atoms with Crippen LogP contribution in [-0.4, -0.2) is 27.2 Å². The molecule has 2 rings (SSSR count). The molecule has 1 aliphatic rings. The van der Waals surface area contributed by atoms with E-state index in [0.29, 0.717) is 10.9 Å². The Bertz CT molecular complexity index is 485. The number of thioether (sulfide) groups is 1. The van der Waals surface area contributed by atoms with Crippen LogP contribution in [0.15, 0.2) is 22.2 Å². The lowest BCUT2D eigenvalue weighted by Crippen LogP contribution is -2.56. The average molecular weight is 254 g/mol. The van der Waals surface area contributed by atoms with E-state index in [0.717, 1.165) is 12.8 Å². The van der Waals surface area contributed by atoms with Gasteiger partial charge in [0.25, 0.3) is 5.56 Å². The van der Waals surface area contributed by atoms with E-state index in [-0.39, 0.29) is 11.5 Å². The van der Waals surface area contributed by atoms with Crippen LogP contribution in [0.5, 0.6) is 0 Å². The molecular weight excluding hydrogens is 240 g/mol. The van der Waals surface area contributed by atoms with Crippen molar-refractivity contribution in [2.75, 3.05) is 5.75 Å². The zero-order valence-electron chi connectivity index (χ0n) is 9.18. The van der Waals surface area contributed by atoms with Crippen LogP contribution < -0.4 is 17.0 Å². The third-order valence-corrected chi connectivity index (χ3v) is 3.96. The predicted octanol–water partition coefficient (Wildman–Crippen LogP) is -0.545. The summed E-state index contributed by atoms with van der Waals surface area (Å²) in [5.41, 5.74) is 10.1. The zero-order valence-corrected chi connectivity index (χ0v) is 10.00. The molecule has 6 nitrogen and oxygen atoms in total. The molecule has 0 radical (unpaired) electrons. The summed E-state index contributed by atoms with van der Waals surface area (Å²) in [6.45, 7) is 0. The van der Waals surface area contributed by atoms with Crippen LogP contribution in [0.3, 0.4) is 0 Å². The molecule has 0 aromatic carbocycles. The first-order valence-corrected chi connectivity index (χ1v) is 6.28. The molecule has 1 aromatic heterocycles. The van der Waals surface area contributed by atoms with Gasteiger partial charge < -0.3 is 16.5 Å². The molecule has 1 aromatic rings. The van der Waals surface area contributed by atoms with Crippen molar-refractivity contribution in [3.8, 4) is 0 Å². The van der Waals surface area contributed by atoms with Crippen LogP contribution in [0.25, 0.3) is 0 Å². The number of primary amides is 1. The molecule has 0 aliphatic heterocycles. The molecule has 1 saturated carbocycles. The minimum absolute atomic E-state index is 0.155. The number of amides is 1. The lowest BCUT2D eigenvalue weighted by atomic mass is 9.96. The van der Waals surface area contributed by atoms with Gasteiger partial charge in [-0.25, -0.2) is 4.98 Å². The quantitative estimate of drug-likeness (QED) is 0.482. The maximum absolute atomic E-state index is 11.4. The number of hydrogen-bond acceptors (Lipinski definition) is 5. The van der Waals surface area contributed by atoms with E-state index < -0.39 is 11.4 Å². The molecule has 1 unspecified atom stereocenters. The van der Waals surface area contributed by atoms with Crippen molar-refractivity contribution in [2.24, 2.45) is 17.4 Å². The first-order chi connectivity index (χ1) is 8.02. The fourth-order valence-corrected chi connectivity index (χ4v) is 2.66. The number of aromatic nitrogens is 2. The molecule has 1 amide bonds. The van der Waals surface area contributed by atoms with E-state index in [2.05, 4.69) is 9.97 Å². The van der Waals surface area contributed by atoms with Gasteiger partial charge in [-0.3, -0.25) is 9.59 Å². The number of rotatable bonds is 5. The maximum Gasteiger partial charge on any atom is 0.251 e. The third kappa shape index (κ3) is 2.67. The molecule has 1 heterocycles. The van der Waals surface area contributed by atoms with Gasteiger partial charge in [0.05, 0.1) is 0 Å². The first-order valence-electron chi connectivity index (χ1n) is 5.29. The molecule has 1 fully saturated rings. The van der Waals surface area contributed by atoms with Crippen LogP contribution in [0.1, 0.15) is 12.8 Å². The SMILES string of the molecule is NC(=O)C(N)(CSc1nccc(=O)[nH]1)C1CC1. The summed E-state index contributed by atoms with van der Waals surface area (Å²) in [7, 11) is 0. The lowest BCUT2D eigenvalue weighted by molar-refractivity contribution is -0.123. The van der Waals surface area contributed by atoms with E-state index >= 15 is 0 Å².